The molecule has 12 heavy (non-hydrogen) atoms. The standard InChI is InChI=1S/C8H12O4/c1-2-7(9)12-6-3-5(4-6)8(10)11/h5-6H,2-4H2,1H3,(H,10,11)/t5-,6+. The lowest BCUT2D eigenvalue weighted by Gasteiger charge is -2.31. The second kappa shape index (κ2) is 3.56. The molecule has 0 heterocycles. The van der Waals surface area contributed by atoms with Gasteiger partial charge in [-0.3, -0.25) is 9.59 Å². The average molecular weight is 172 g/mol. The number of carboxylic acid groups (broad SMARTS) is 1. The third-order valence-corrected chi connectivity index (χ3v) is 2.03. The summed E-state index contributed by atoms with van der Waals surface area (Å²) in [6.45, 7) is 1.72. The van der Waals surface area contributed by atoms with Crippen LogP contribution in [0.1, 0.15) is 26.2 Å². The van der Waals surface area contributed by atoms with Gasteiger partial charge in [0.05, 0.1) is 5.92 Å². The number of aliphatic carboxylic acids is 1. The molecule has 0 amide bonds. The number of ether oxygens (including phenoxy) is 1. The summed E-state index contributed by atoms with van der Waals surface area (Å²) in [6.07, 6.45) is 1.15. The molecule has 1 saturated carbocycles. The highest BCUT2D eigenvalue weighted by Gasteiger charge is 2.36. The Balaban J connectivity index is 2.17. The fourth-order valence-electron chi connectivity index (χ4n) is 1.13. The summed E-state index contributed by atoms with van der Waals surface area (Å²) in [6, 6.07) is 0. The molecule has 1 N–H and O–H groups in total. The molecular weight excluding hydrogens is 160 g/mol. The summed E-state index contributed by atoms with van der Waals surface area (Å²) in [4.78, 5) is 21.1. The molecule has 1 fully saturated rings. The lowest BCUT2D eigenvalue weighted by Crippen LogP contribution is -2.37. The van der Waals surface area contributed by atoms with E-state index in [1.807, 2.05) is 0 Å². The van der Waals surface area contributed by atoms with E-state index in [9.17, 15) is 9.59 Å². The first-order valence-corrected chi connectivity index (χ1v) is 4.05. The lowest BCUT2D eigenvalue weighted by atomic mass is 9.82. The molecule has 4 nitrogen and oxygen atoms in total. The highest BCUT2D eigenvalue weighted by atomic mass is 16.5. The van der Waals surface area contributed by atoms with Crippen molar-refractivity contribution in [3.05, 3.63) is 0 Å². The number of carbonyl (C=O) groups is 2. The van der Waals surface area contributed by atoms with Gasteiger partial charge < -0.3 is 9.84 Å². The Morgan fingerprint density at radius 3 is 2.50 bits per heavy atom. The monoisotopic (exact) mass is 172 g/mol. The Morgan fingerprint density at radius 1 is 1.50 bits per heavy atom. The molecule has 0 aromatic heterocycles. The van der Waals surface area contributed by atoms with Crippen molar-refractivity contribution in [2.75, 3.05) is 0 Å². The van der Waals surface area contributed by atoms with Gasteiger partial charge in [-0.05, 0) is 12.8 Å². The molecule has 0 spiro atoms. The average Bonchev–Trinajstić information content (AvgIpc) is 1.94. The molecule has 0 bridgehead atoms. The Morgan fingerprint density at radius 2 is 2.08 bits per heavy atom. The molecule has 1 rings (SSSR count). The van der Waals surface area contributed by atoms with E-state index in [1.165, 1.54) is 0 Å². The van der Waals surface area contributed by atoms with E-state index in [-0.39, 0.29) is 18.0 Å². The fourth-order valence-corrected chi connectivity index (χ4v) is 1.13. The van der Waals surface area contributed by atoms with E-state index in [0.29, 0.717) is 19.3 Å². The molecule has 1 aliphatic rings. The van der Waals surface area contributed by atoms with E-state index in [2.05, 4.69) is 0 Å². The van der Waals surface area contributed by atoms with Crippen LogP contribution in [0.4, 0.5) is 0 Å². The number of carboxylic acids is 1. The van der Waals surface area contributed by atoms with Crippen molar-refractivity contribution in [1.29, 1.82) is 0 Å². The van der Waals surface area contributed by atoms with Crippen LogP contribution in [0.2, 0.25) is 0 Å². The van der Waals surface area contributed by atoms with Crippen LogP contribution in [0.5, 0.6) is 0 Å². The van der Waals surface area contributed by atoms with Gasteiger partial charge in [0.1, 0.15) is 6.10 Å². The van der Waals surface area contributed by atoms with Crippen LogP contribution >= 0.6 is 0 Å². The Labute approximate surface area is 70.5 Å². The quantitative estimate of drug-likeness (QED) is 0.639. The molecule has 0 aromatic carbocycles. The summed E-state index contributed by atoms with van der Waals surface area (Å²) in [5.41, 5.74) is 0. The van der Waals surface area contributed by atoms with Crippen molar-refractivity contribution < 1.29 is 19.4 Å². The molecule has 0 saturated heterocycles. The molecule has 4 heteroatoms. The molecule has 0 radical (unpaired) electrons. The van der Waals surface area contributed by atoms with Gasteiger partial charge in [0.25, 0.3) is 0 Å². The SMILES string of the molecule is CCC(=O)O[C@H]1C[C@@H](C(=O)O)C1. The first-order chi connectivity index (χ1) is 5.63. The van der Waals surface area contributed by atoms with Gasteiger partial charge in [0.15, 0.2) is 0 Å². The highest BCUT2D eigenvalue weighted by molar-refractivity contribution is 5.72. The van der Waals surface area contributed by atoms with E-state index in [1.54, 1.807) is 6.92 Å². The van der Waals surface area contributed by atoms with Crippen LogP contribution < -0.4 is 0 Å². The smallest absolute Gasteiger partial charge is 0.306 e. The topological polar surface area (TPSA) is 63.6 Å². The van der Waals surface area contributed by atoms with Gasteiger partial charge in [-0.15, -0.1) is 0 Å². The van der Waals surface area contributed by atoms with Crippen molar-refractivity contribution in [2.45, 2.75) is 32.3 Å². The van der Waals surface area contributed by atoms with Gasteiger partial charge in [0.2, 0.25) is 0 Å². The maximum Gasteiger partial charge on any atom is 0.306 e. The first kappa shape index (κ1) is 9.03. The molecule has 0 aliphatic heterocycles. The zero-order valence-electron chi connectivity index (χ0n) is 6.95. The molecule has 1 aliphatic carbocycles. The second-order valence-electron chi connectivity index (χ2n) is 2.97. The maximum absolute atomic E-state index is 10.7. The third-order valence-electron chi connectivity index (χ3n) is 2.03. The van der Waals surface area contributed by atoms with E-state index >= 15 is 0 Å². The van der Waals surface area contributed by atoms with Gasteiger partial charge in [0, 0.05) is 6.42 Å². The largest absolute Gasteiger partial charge is 0.481 e. The molecule has 68 valence electrons. The minimum atomic E-state index is -0.793. The van der Waals surface area contributed by atoms with Crippen molar-refractivity contribution in [3.8, 4) is 0 Å². The van der Waals surface area contributed by atoms with Crippen LogP contribution in [0.25, 0.3) is 0 Å². The first-order valence-electron chi connectivity index (χ1n) is 4.05. The highest BCUT2D eigenvalue weighted by Crippen LogP contribution is 2.30. The fraction of sp³-hybridized carbons (Fsp3) is 0.750. The van der Waals surface area contributed by atoms with Crippen molar-refractivity contribution in [1.82, 2.24) is 0 Å². The summed E-state index contributed by atoms with van der Waals surface area (Å²) < 4.78 is 4.91. The summed E-state index contributed by atoms with van der Waals surface area (Å²) in [5, 5.41) is 8.50. The van der Waals surface area contributed by atoms with Crippen LogP contribution in [-0.2, 0) is 14.3 Å². The maximum atomic E-state index is 10.7. The normalized spacial score (nSPS) is 27.4. The number of esters is 1. The Kier molecular flexibility index (Phi) is 2.68. The second-order valence-corrected chi connectivity index (χ2v) is 2.97. The predicted octanol–water partition coefficient (Wildman–Crippen LogP) is 0.803. The zero-order valence-corrected chi connectivity index (χ0v) is 6.95. The van der Waals surface area contributed by atoms with Gasteiger partial charge in [-0.25, -0.2) is 0 Å². The number of hydrogen-bond donors (Lipinski definition) is 1. The summed E-state index contributed by atoms with van der Waals surface area (Å²) in [7, 11) is 0. The molecule has 0 aromatic rings. The van der Waals surface area contributed by atoms with Crippen molar-refractivity contribution in [3.63, 3.8) is 0 Å². The van der Waals surface area contributed by atoms with Crippen LogP contribution in [-0.4, -0.2) is 23.1 Å². The van der Waals surface area contributed by atoms with Crippen LogP contribution in [0, 0.1) is 5.92 Å². The zero-order chi connectivity index (χ0) is 9.14. The minimum Gasteiger partial charge on any atom is -0.481 e. The summed E-state index contributed by atoms with van der Waals surface area (Å²) >= 11 is 0. The van der Waals surface area contributed by atoms with Crippen LogP contribution in [0.3, 0.4) is 0 Å². The van der Waals surface area contributed by atoms with Gasteiger partial charge >= 0.3 is 11.9 Å². The Hall–Kier alpha value is -1.06. The van der Waals surface area contributed by atoms with Crippen molar-refractivity contribution >= 4 is 11.9 Å². The van der Waals surface area contributed by atoms with E-state index < -0.39 is 5.97 Å². The summed E-state index contributed by atoms with van der Waals surface area (Å²) in [5.74, 6) is -1.35. The third kappa shape index (κ3) is 1.96. The van der Waals surface area contributed by atoms with E-state index in [0.717, 1.165) is 0 Å². The Bertz CT molecular complexity index is 193. The van der Waals surface area contributed by atoms with E-state index in [4.69, 9.17) is 9.84 Å². The van der Waals surface area contributed by atoms with Crippen LogP contribution in [0.15, 0.2) is 0 Å². The number of hydrogen-bond acceptors (Lipinski definition) is 3. The molecular formula is C8H12O4. The van der Waals surface area contributed by atoms with Gasteiger partial charge in [-0.2, -0.15) is 0 Å². The molecule has 0 unspecified atom stereocenters. The number of carbonyl (C=O) groups excluding carboxylic acids is 1. The predicted molar refractivity (Wildman–Crippen MR) is 40.5 cm³/mol. The van der Waals surface area contributed by atoms with Crippen molar-refractivity contribution in [2.24, 2.45) is 5.92 Å². The lowest BCUT2D eigenvalue weighted by molar-refractivity contribution is -0.163. The number of rotatable bonds is 3. The molecule has 0 atom stereocenters. The van der Waals surface area contributed by atoms with Gasteiger partial charge in [-0.1, -0.05) is 6.92 Å². The minimum absolute atomic E-state index is 0.154.